The molecule has 0 radical (unpaired) electrons. The average Bonchev–Trinajstić information content (AvgIpc) is 3.87. The molecular weight excluding hydrogens is 925 g/mol. The summed E-state index contributed by atoms with van der Waals surface area (Å²) >= 11 is 0. The lowest BCUT2D eigenvalue weighted by atomic mass is 10.1. The fourth-order valence-electron chi connectivity index (χ4n) is 8.95. The van der Waals surface area contributed by atoms with Crippen LogP contribution < -0.4 is 50.0 Å². The lowest BCUT2D eigenvalue weighted by Gasteiger charge is -2.22. The van der Waals surface area contributed by atoms with Crippen LogP contribution in [0, 0.1) is 0 Å². The Kier molecular flexibility index (Phi) is 14.1. The Morgan fingerprint density at radius 3 is 1.50 bits per heavy atom. The Bertz CT molecular complexity index is 2940. The van der Waals surface area contributed by atoms with Gasteiger partial charge in [-0.25, -0.2) is 0 Å². The van der Waals surface area contributed by atoms with Crippen molar-refractivity contribution in [2.24, 2.45) is 9.98 Å². The van der Waals surface area contributed by atoms with E-state index in [0.29, 0.717) is 75.2 Å². The van der Waals surface area contributed by atoms with Gasteiger partial charge in [-0.2, -0.15) is 0 Å². The third kappa shape index (κ3) is 10.5. The van der Waals surface area contributed by atoms with E-state index >= 15 is 0 Å². The van der Waals surface area contributed by atoms with Crippen LogP contribution in [0.1, 0.15) is 62.7 Å². The van der Waals surface area contributed by atoms with Crippen LogP contribution in [0.3, 0.4) is 0 Å². The van der Waals surface area contributed by atoms with Gasteiger partial charge in [-0.15, -0.1) is 0 Å². The Balaban J connectivity index is 0.912. The molecular formula is C53H50N8O11. The fourth-order valence-corrected chi connectivity index (χ4v) is 8.95. The second kappa shape index (κ2) is 21.0. The van der Waals surface area contributed by atoms with Gasteiger partial charge >= 0.3 is 0 Å². The van der Waals surface area contributed by atoms with E-state index in [1.807, 2.05) is 54.6 Å². The van der Waals surface area contributed by atoms with Crippen molar-refractivity contribution in [1.29, 1.82) is 0 Å². The van der Waals surface area contributed by atoms with Crippen molar-refractivity contribution in [3.05, 3.63) is 124 Å². The average molecular weight is 975 g/mol. The molecule has 0 saturated heterocycles. The number of Topliss-reactive ketones (excluding diaryl/α,β-unsaturated/α-hetero) is 1. The number of hydrogen-bond acceptors (Lipinski definition) is 13. The molecule has 0 aromatic heterocycles. The molecule has 4 aliphatic rings. The predicted octanol–water partition coefficient (Wildman–Crippen LogP) is 5.09. The molecule has 19 heteroatoms. The zero-order valence-electron chi connectivity index (χ0n) is 39.6. The second-order valence-electron chi connectivity index (χ2n) is 17.4. The summed E-state index contributed by atoms with van der Waals surface area (Å²) in [7, 11) is 2.96. The van der Waals surface area contributed by atoms with Crippen molar-refractivity contribution in [2.45, 2.75) is 57.9 Å². The zero-order valence-corrected chi connectivity index (χ0v) is 39.6. The molecule has 4 aliphatic heterocycles. The quantitative estimate of drug-likeness (QED) is 0.0903. The van der Waals surface area contributed by atoms with Crippen molar-refractivity contribution >= 4 is 82.1 Å². The normalized spacial score (nSPS) is 15.6. The van der Waals surface area contributed by atoms with Crippen LogP contribution >= 0.6 is 0 Å². The first-order valence-electron chi connectivity index (χ1n) is 23.2. The van der Waals surface area contributed by atoms with Crippen LogP contribution in [0.15, 0.2) is 101 Å². The Labute approximate surface area is 413 Å². The number of ether oxygens (including phenoxy) is 4. The molecule has 19 nitrogen and oxygen atoms in total. The number of methoxy groups -OCH3 is 2. The van der Waals surface area contributed by atoms with E-state index in [1.54, 1.807) is 58.6 Å². The number of rotatable bonds is 18. The minimum atomic E-state index is -0.658. The maximum Gasteiger partial charge on any atom is 0.261 e. The minimum absolute atomic E-state index is 0.0426. The molecule has 0 aliphatic carbocycles. The van der Waals surface area contributed by atoms with E-state index in [9.17, 15) is 33.6 Å². The highest BCUT2D eigenvalue weighted by Gasteiger charge is 2.38. The number of carbonyl (C=O) groups excluding carboxylic acids is 7. The number of nitrogens with one attached hydrogen (secondary N) is 4. The number of benzene rings is 5. The first-order chi connectivity index (χ1) is 34.8. The third-order valence-electron chi connectivity index (χ3n) is 12.4. The molecule has 4 N–H and O–H groups in total. The maximum absolute atomic E-state index is 14.0. The van der Waals surface area contributed by atoms with Crippen LogP contribution in [-0.2, 0) is 50.0 Å². The topological polar surface area (TPSA) is 236 Å². The van der Waals surface area contributed by atoms with Gasteiger partial charge in [0.15, 0.2) is 23.0 Å². The van der Waals surface area contributed by atoms with Crippen molar-refractivity contribution in [3.8, 4) is 23.0 Å². The highest BCUT2D eigenvalue weighted by atomic mass is 16.5. The molecule has 4 heterocycles. The van der Waals surface area contributed by atoms with E-state index < -0.39 is 36.7 Å². The molecule has 0 saturated carbocycles. The summed E-state index contributed by atoms with van der Waals surface area (Å²) in [5.41, 5.74) is 6.84. The lowest BCUT2D eigenvalue weighted by Crippen LogP contribution is -2.43. The molecule has 6 amide bonds. The summed E-state index contributed by atoms with van der Waals surface area (Å²) in [4.78, 5) is 102. The molecule has 0 spiro atoms. The predicted molar refractivity (Wildman–Crippen MR) is 266 cm³/mol. The number of hydrogen-bond donors (Lipinski definition) is 4. The first kappa shape index (κ1) is 48.2. The highest BCUT2D eigenvalue weighted by Crippen LogP contribution is 2.43. The third-order valence-corrected chi connectivity index (χ3v) is 12.4. The van der Waals surface area contributed by atoms with Crippen molar-refractivity contribution in [3.63, 3.8) is 0 Å². The van der Waals surface area contributed by atoms with Gasteiger partial charge in [0.05, 0.1) is 68.4 Å². The minimum Gasteiger partial charge on any atom is -0.493 e. The van der Waals surface area contributed by atoms with Crippen LogP contribution in [0.2, 0.25) is 0 Å². The zero-order chi connectivity index (χ0) is 50.5. The summed E-state index contributed by atoms with van der Waals surface area (Å²) in [6.45, 7) is -0.0242. The molecule has 0 unspecified atom stereocenters. The molecule has 2 atom stereocenters. The number of nitrogens with zero attached hydrogens (tertiary/aromatic N) is 4. The van der Waals surface area contributed by atoms with Crippen molar-refractivity contribution in [2.75, 3.05) is 49.0 Å². The Hall–Kier alpha value is -8.87. The SMILES string of the molecule is COc1cc2c(cc1OCc1cc(COc3cc4c(cc3OC)C(=O)N3c5ccccc5C[C@H]3C=N4)cc(NC(=O)CNC(=O)CNC(=O)CNC(=O)CCC(C)=O)c1)N=C[C@@H]1Cc3ccccc3N1C2=O. The van der Waals surface area contributed by atoms with E-state index in [2.05, 4.69) is 21.3 Å². The maximum atomic E-state index is 14.0. The van der Waals surface area contributed by atoms with Gasteiger partial charge in [0.2, 0.25) is 23.6 Å². The van der Waals surface area contributed by atoms with Crippen LogP contribution in [0.25, 0.3) is 0 Å². The number of anilines is 3. The number of carbonyl (C=O) groups is 7. The highest BCUT2D eigenvalue weighted by molar-refractivity contribution is 6.16. The largest absolute Gasteiger partial charge is 0.493 e. The van der Waals surface area contributed by atoms with Gasteiger partial charge < -0.3 is 45.0 Å². The number of fused-ring (bicyclic) bond motifs is 8. The Morgan fingerprint density at radius 2 is 1.03 bits per heavy atom. The standard InChI is InChI=1S/C53H50N8O11/c1-30(62)12-13-48(63)56-25-49(64)57-26-50(65)58-27-51(66)59-35-15-31(28-71-46-21-40-38(19-44(46)69-2)52(67)60-36(23-54-40)17-33-8-4-6-10-42(33)60)14-32(16-35)29-72-47-22-41-39(20-45(47)70-3)53(68)61-37(24-55-41)18-34-9-5-7-11-43(34)61/h4-11,14-16,19-24,36-37H,12-13,17-18,25-29H2,1-3H3,(H,56,63)(H,57,64)(H,58,65)(H,59,66)/t36-,37-/m0/s1. The summed E-state index contributed by atoms with van der Waals surface area (Å²) in [5, 5.41) is 10.0. The lowest BCUT2D eigenvalue weighted by molar-refractivity contribution is -0.128. The summed E-state index contributed by atoms with van der Waals surface area (Å²) in [6.07, 6.45) is 4.80. The number of amides is 6. The van der Waals surface area contributed by atoms with E-state index in [0.717, 1.165) is 22.5 Å². The van der Waals surface area contributed by atoms with E-state index in [-0.39, 0.29) is 62.3 Å². The molecule has 9 rings (SSSR count). The van der Waals surface area contributed by atoms with Gasteiger partial charge in [0.1, 0.15) is 19.0 Å². The molecule has 5 aromatic rings. The van der Waals surface area contributed by atoms with Crippen molar-refractivity contribution < 1.29 is 52.5 Å². The summed E-state index contributed by atoms with van der Waals surface area (Å²) < 4.78 is 24.2. The van der Waals surface area contributed by atoms with E-state index in [4.69, 9.17) is 28.9 Å². The molecule has 5 aromatic carbocycles. The monoisotopic (exact) mass is 974 g/mol. The molecule has 72 heavy (non-hydrogen) atoms. The number of ketones is 1. The smallest absolute Gasteiger partial charge is 0.261 e. The van der Waals surface area contributed by atoms with Gasteiger partial charge in [-0.05, 0) is 71.6 Å². The van der Waals surface area contributed by atoms with Gasteiger partial charge in [0, 0.05) is 67.3 Å². The van der Waals surface area contributed by atoms with Gasteiger partial charge in [0.25, 0.3) is 11.8 Å². The van der Waals surface area contributed by atoms with Crippen LogP contribution in [0.4, 0.5) is 28.4 Å². The van der Waals surface area contributed by atoms with Crippen LogP contribution in [0.5, 0.6) is 23.0 Å². The number of aliphatic imine (C=N–C) groups is 2. The fraction of sp³-hybridized carbons (Fsp3) is 0.264. The van der Waals surface area contributed by atoms with Crippen LogP contribution in [-0.4, -0.2) is 99.6 Å². The number of para-hydroxylation sites is 2. The van der Waals surface area contributed by atoms with Crippen molar-refractivity contribution in [1.82, 2.24) is 16.0 Å². The van der Waals surface area contributed by atoms with Gasteiger partial charge in [-0.1, -0.05) is 36.4 Å². The molecule has 368 valence electrons. The second-order valence-corrected chi connectivity index (χ2v) is 17.4. The molecule has 0 fully saturated rings. The summed E-state index contributed by atoms with van der Waals surface area (Å²) in [5.74, 6) is -1.70. The van der Waals surface area contributed by atoms with E-state index in [1.165, 1.54) is 21.1 Å². The molecule has 0 bridgehead atoms. The van der Waals surface area contributed by atoms with Gasteiger partial charge in [-0.3, -0.25) is 48.6 Å². The Morgan fingerprint density at radius 1 is 0.569 bits per heavy atom. The summed E-state index contributed by atoms with van der Waals surface area (Å²) in [6, 6.07) is 26.8. The first-order valence-corrected chi connectivity index (χ1v) is 23.2.